The Morgan fingerprint density at radius 1 is 1.04 bits per heavy atom. The molecule has 3 amide bonds. The molecule has 8 atom stereocenters. The molecule has 2 unspecified atom stereocenters. The monoisotopic (exact) mass is 632 g/mol. The van der Waals surface area contributed by atoms with E-state index in [9.17, 15) is 19.2 Å². The number of methoxy groups -OCH3 is 3. The molecule has 1 aliphatic rings. The van der Waals surface area contributed by atoms with Crippen molar-refractivity contribution in [1.29, 1.82) is 0 Å². The Morgan fingerprint density at radius 3 is 2.22 bits per heavy atom. The zero-order chi connectivity index (χ0) is 33.8. The van der Waals surface area contributed by atoms with Crippen LogP contribution in [0.2, 0.25) is 0 Å². The van der Waals surface area contributed by atoms with E-state index in [2.05, 4.69) is 5.32 Å². The Hall–Kier alpha value is -3.02. The first-order chi connectivity index (χ1) is 21.3. The molecular weight excluding hydrogens is 576 g/mol. The Bertz CT molecular complexity index is 1100. The van der Waals surface area contributed by atoms with E-state index >= 15 is 0 Å². The van der Waals surface area contributed by atoms with Crippen molar-refractivity contribution in [2.45, 2.75) is 103 Å². The van der Waals surface area contributed by atoms with Gasteiger partial charge in [0.2, 0.25) is 17.7 Å². The van der Waals surface area contributed by atoms with E-state index in [1.807, 2.05) is 58.0 Å². The maximum absolute atomic E-state index is 13.9. The number of nitrogens with one attached hydrogen (secondary N) is 1. The number of nitrogens with two attached hydrogens (primary N) is 1. The van der Waals surface area contributed by atoms with Gasteiger partial charge in [-0.25, -0.2) is 4.79 Å². The molecule has 1 fully saturated rings. The quantitative estimate of drug-likeness (QED) is 0.250. The number of amides is 3. The van der Waals surface area contributed by atoms with E-state index in [-0.39, 0.29) is 54.5 Å². The Balaban J connectivity index is 2.22. The number of benzene rings is 1. The Morgan fingerprint density at radius 2 is 1.69 bits per heavy atom. The average molecular weight is 633 g/mol. The van der Waals surface area contributed by atoms with Crippen molar-refractivity contribution in [3.8, 4) is 0 Å². The van der Waals surface area contributed by atoms with Crippen LogP contribution in [0.15, 0.2) is 30.3 Å². The van der Waals surface area contributed by atoms with Gasteiger partial charge >= 0.3 is 5.97 Å². The number of ether oxygens (including phenoxy) is 3. The van der Waals surface area contributed by atoms with Gasteiger partial charge in [0, 0.05) is 34.2 Å². The molecule has 1 aromatic rings. The topological polar surface area (TPSA) is 141 Å². The zero-order valence-electron chi connectivity index (χ0n) is 28.7. The minimum absolute atomic E-state index is 0.0306. The molecule has 45 heavy (non-hydrogen) atoms. The first kappa shape index (κ1) is 38.2. The van der Waals surface area contributed by atoms with Gasteiger partial charge in [0.05, 0.1) is 49.8 Å². The van der Waals surface area contributed by atoms with Crippen LogP contribution in [0.5, 0.6) is 0 Å². The second-order valence-corrected chi connectivity index (χ2v) is 12.6. The summed E-state index contributed by atoms with van der Waals surface area (Å²) in [5, 5.41) is 2.85. The van der Waals surface area contributed by atoms with Gasteiger partial charge in [0.1, 0.15) is 6.04 Å². The predicted octanol–water partition coefficient (Wildman–Crippen LogP) is 2.79. The number of rotatable bonds is 17. The van der Waals surface area contributed by atoms with Crippen molar-refractivity contribution >= 4 is 23.7 Å². The molecule has 3 N–H and O–H groups in total. The van der Waals surface area contributed by atoms with Gasteiger partial charge in [-0.2, -0.15) is 0 Å². The number of likely N-dealkylation sites (N-methyl/N-ethyl adjacent to an activating group) is 1. The molecule has 1 saturated heterocycles. The summed E-state index contributed by atoms with van der Waals surface area (Å²) in [6.45, 7) is 10.2. The van der Waals surface area contributed by atoms with E-state index in [1.54, 1.807) is 30.9 Å². The average Bonchev–Trinajstić information content (AvgIpc) is 3.52. The second kappa shape index (κ2) is 18.2. The van der Waals surface area contributed by atoms with Crippen LogP contribution in [0, 0.1) is 17.8 Å². The van der Waals surface area contributed by atoms with Crippen molar-refractivity contribution in [3.05, 3.63) is 35.9 Å². The Kier molecular flexibility index (Phi) is 15.4. The molecule has 2 rings (SSSR count). The van der Waals surface area contributed by atoms with Gasteiger partial charge in [-0.05, 0) is 30.2 Å². The zero-order valence-corrected chi connectivity index (χ0v) is 28.7. The highest BCUT2D eigenvalue weighted by Crippen LogP contribution is 2.29. The number of likely N-dealkylation sites (tertiary alicyclic amines) is 1. The third kappa shape index (κ3) is 9.98. The van der Waals surface area contributed by atoms with Crippen LogP contribution < -0.4 is 11.1 Å². The highest BCUT2D eigenvalue weighted by atomic mass is 16.5. The van der Waals surface area contributed by atoms with Crippen LogP contribution >= 0.6 is 0 Å². The number of hydrogen-bond donors (Lipinski definition) is 2. The SMILES string of the molecule is CC[C@H](C)[C@@H](C(CC(=O)N1CCC[C@H]1[C@H](OC)[C@@H](C)C(=O)NC(Cc1ccccc1)C(=O)OC)OC)N(C)C(=O)[C@@H](N)C(C)C. The second-order valence-electron chi connectivity index (χ2n) is 12.6. The van der Waals surface area contributed by atoms with Crippen molar-refractivity contribution < 1.29 is 33.4 Å². The van der Waals surface area contributed by atoms with E-state index in [4.69, 9.17) is 19.9 Å². The maximum atomic E-state index is 13.9. The smallest absolute Gasteiger partial charge is 0.328 e. The number of carbonyl (C=O) groups is 4. The third-order valence-electron chi connectivity index (χ3n) is 9.35. The van der Waals surface area contributed by atoms with Gasteiger partial charge in [-0.3, -0.25) is 14.4 Å². The van der Waals surface area contributed by atoms with Crippen molar-refractivity contribution in [2.75, 3.05) is 34.9 Å². The number of carbonyl (C=O) groups excluding carboxylic acids is 4. The fraction of sp³-hybridized carbons (Fsp3) is 0.706. The van der Waals surface area contributed by atoms with E-state index in [1.165, 1.54) is 14.2 Å². The van der Waals surface area contributed by atoms with Crippen LogP contribution in [-0.4, -0.2) is 105 Å². The lowest BCUT2D eigenvalue weighted by molar-refractivity contribution is -0.148. The summed E-state index contributed by atoms with van der Waals surface area (Å²) in [6, 6.07) is 7.18. The van der Waals surface area contributed by atoms with Crippen LogP contribution in [0.4, 0.5) is 0 Å². The Labute approximate surface area is 269 Å². The first-order valence-corrected chi connectivity index (χ1v) is 16.1. The van der Waals surface area contributed by atoms with Crippen molar-refractivity contribution in [1.82, 2.24) is 15.1 Å². The fourth-order valence-corrected chi connectivity index (χ4v) is 6.31. The van der Waals surface area contributed by atoms with Gasteiger partial charge < -0.3 is 35.1 Å². The number of esters is 1. The van der Waals surface area contributed by atoms with Gasteiger partial charge in [0.15, 0.2) is 0 Å². The molecule has 0 radical (unpaired) electrons. The first-order valence-electron chi connectivity index (χ1n) is 16.1. The van der Waals surface area contributed by atoms with Crippen LogP contribution in [0.1, 0.15) is 65.9 Å². The molecule has 0 aromatic heterocycles. The van der Waals surface area contributed by atoms with Gasteiger partial charge in [0.25, 0.3) is 0 Å². The summed E-state index contributed by atoms with van der Waals surface area (Å²) in [5.74, 6) is -1.84. The predicted molar refractivity (Wildman–Crippen MR) is 173 cm³/mol. The van der Waals surface area contributed by atoms with Crippen molar-refractivity contribution in [3.63, 3.8) is 0 Å². The molecule has 0 aliphatic carbocycles. The normalized spacial score (nSPS) is 19.6. The minimum Gasteiger partial charge on any atom is -0.467 e. The molecule has 0 bridgehead atoms. The number of nitrogens with zero attached hydrogens (tertiary/aromatic N) is 2. The summed E-state index contributed by atoms with van der Waals surface area (Å²) in [7, 11) is 6.12. The lowest BCUT2D eigenvalue weighted by atomic mass is 9.89. The summed E-state index contributed by atoms with van der Waals surface area (Å²) < 4.78 is 16.7. The van der Waals surface area contributed by atoms with Gasteiger partial charge in [-0.15, -0.1) is 0 Å². The van der Waals surface area contributed by atoms with Crippen molar-refractivity contribution in [2.24, 2.45) is 23.5 Å². The van der Waals surface area contributed by atoms with Crippen LogP contribution in [0.3, 0.4) is 0 Å². The third-order valence-corrected chi connectivity index (χ3v) is 9.35. The molecular formula is C34H56N4O7. The van der Waals surface area contributed by atoms with Crippen LogP contribution in [0.25, 0.3) is 0 Å². The van der Waals surface area contributed by atoms with E-state index in [0.29, 0.717) is 13.0 Å². The summed E-state index contributed by atoms with van der Waals surface area (Å²) >= 11 is 0. The molecule has 254 valence electrons. The summed E-state index contributed by atoms with van der Waals surface area (Å²) in [6.07, 6.45) is 1.40. The lowest BCUT2D eigenvalue weighted by Crippen LogP contribution is -2.56. The standard InChI is InChI=1S/C34H56N4O7/c1-10-22(4)30(37(6)33(41)29(35)21(2)3)27(43-7)20-28(39)38-18-14-17-26(38)31(44-8)23(5)32(40)36-25(34(42)45-9)19-24-15-12-11-13-16-24/h11-13,15-16,21-23,25-27,29-31H,10,14,17-20,35H2,1-9H3,(H,36,40)/t22-,23+,25?,26-,27?,29-,30-,31+/m0/s1. The molecule has 0 spiro atoms. The summed E-state index contributed by atoms with van der Waals surface area (Å²) in [5.41, 5.74) is 7.10. The largest absolute Gasteiger partial charge is 0.467 e. The molecule has 11 nitrogen and oxygen atoms in total. The van der Waals surface area contributed by atoms with E-state index in [0.717, 1.165) is 18.4 Å². The lowest BCUT2D eigenvalue weighted by Gasteiger charge is -2.40. The summed E-state index contributed by atoms with van der Waals surface area (Å²) in [4.78, 5) is 56.6. The van der Waals surface area contributed by atoms with Crippen LogP contribution in [-0.2, 0) is 39.8 Å². The van der Waals surface area contributed by atoms with E-state index < -0.39 is 36.2 Å². The highest BCUT2D eigenvalue weighted by Gasteiger charge is 2.42. The molecule has 0 saturated carbocycles. The highest BCUT2D eigenvalue weighted by molar-refractivity contribution is 5.86. The fourth-order valence-electron chi connectivity index (χ4n) is 6.31. The molecule has 11 heteroatoms. The molecule has 1 aromatic carbocycles. The van der Waals surface area contributed by atoms with Gasteiger partial charge in [-0.1, -0.05) is 71.4 Å². The molecule has 1 aliphatic heterocycles. The molecule has 1 heterocycles. The number of hydrogen-bond acceptors (Lipinski definition) is 8. The maximum Gasteiger partial charge on any atom is 0.328 e. The minimum atomic E-state index is -0.866.